The molecule has 1 aromatic rings. The summed E-state index contributed by atoms with van der Waals surface area (Å²) in [6, 6.07) is 4.98. The number of nitriles is 1. The van der Waals surface area contributed by atoms with Crippen LogP contribution in [0.25, 0.3) is 0 Å². The minimum absolute atomic E-state index is 0.149. The topological polar surface area (TPSA) is 61.2 Å². The Balaban J connectivity index is 2.49. The Morgan fingerprint density at radius 2 is 1.90 bits per heavy atom. The van der Waals surface area contributed by atoms with Crippen molar-refractivity contribution in [3.63, 3.8) is 0 Å². The molecule has 1 unspecified atom stereocenters. The van der Waals surface area contributed by atoms with Crippen LogP contribution in [0, 0.1) is 11.3 Å². The van der Waals surface area contributed by atoms with Crippen molar-refractivity contribution in [1.82, 2.24) is 4.31 Å². The Morgan fingerprint density at radius 3 is 2.52 bits per heavy atom. The molecule has 0 aliphatic carbocycles. The SMILES string of the molecule is N#Cc1ccccc1S(=O)(=O)N1CCCCC1C(F)(F)F. The normalized spacial score (nSPS) is 21.0. The second-order valence-electron chi connectivity index (χ2n) is 4.78. The second kappa shape index (κ2) is 5.66. The summed E-state index contributed by atoms with van der Waals surface area (Å²) in [6.45, 7) is -0.188. The molecule has 1 fully saturated rings. The van der Waals surface area contributed by atoms with Crippen LogP contribution in [0.2, 0.25) is 0 Å². The maximum atomic E-state index is 13.0. The molecule has 1 aliphatic heterocycles. The molecule has 0 aromatic heterocycles. The van der Waals surface area contributed by atoms with E-state index in [1.807, 2.05) is 0 Å². The van der Waals surface area contributed by atoms with Gasteiger partial charge in [-0.2, -0.15) is 22.7 Å². The van der Waals surface area contributed by atoms with Crippen molar-refractivity contribution >= 4 is 10.0 Å². The van der Waals surface area contributed by atoms with Crippen LogP contribution in [-0.2, 0) is 10.0 Å². The molecule has 1 saturated heterocycles. The van der Waals surface area contributed by atoms with E-state index in [0.717, 1.165) is 6.07 Å². The Morgan fingerprint density at radius 1 is 1.24 bits per heavy atom. The Kier molecular flexibility index (Phi) is 4.25. The fourth-order valence-corrected chi connectivity index (χ4v) is 4.25. The summed E-state index contributed by atoms with van der Waals surface area (Å²) >= 11 is 0. The number of hydrogen-bond donors (Lipinski definition) is 0. The zero-order valence-corrected chi connectivity index (χ0v) is 11.8. The van der Waals surface area contributed by atoms with Crippen LogP contribution in [0.4, 0.5) is 13.2 Å². The van der Waals surface area contributed by atoms with Gasteiger partial charge in [-0.3, -0.25) is 0 Å². The van der Waals surface area contributed by atoms with Gasteiger partial charge in [-0.15, -0.1) is 0 Å². The third-order valence-electron chi connectivity index (χ3n) is 3.43. The van der Waals surface area contributed by atoms with Crippen LogP contribution in [-0.4, -0.2) is 31.5 Å². The molecule has 0 amide bonds. The second-order valence-corrected chi connectivity index (χ2v) is 6.64. The Labute approximate surface area is 120 Å². The predicted octanol–water partition coefficient (Wildman–Crippen LogP) is 2.66. The number of rotatable bonds is 2. The van der Waals surface area contributed by atoms with Gasteiger partial charge in [0, 0.05) is 6.54 Å². The van der Waals surface area contributed by atoms with Crippen molar-refractivity contribution in [2.45, 2.75) is 36.4 Å². The maximum absolute atomic E-state index is 13.0. The molecule has 1 aromatic carbocycles. The molecular weight excluding hydrogens is 305 g/mol. The van der Waals surface area contributed by atoms with Gasteiger partial charge in [-0.05, 0) is 25.0 Å². The number of piperidine rings is 1. The van der Waals surface area contributed by atoms with E-state index >= 15 is 0 Å². The number of benzene rings is 1. The van der Waals surface area contributed by atoms with Crippen molar-refractivity contribution in [2.75, 3.05) is 6.54 Å². The number of halogens is 3. The fraction of sp³-hybridized carbons (Fsp3) is 0.462. The van der Waals surface area contributed by atoms with Gasteiger partial charge in [0.15, 0.2) is 0 Å². The number of hydrogen-bond acceptors (Lipinski definition) is 3. The first kappa shape index (κ1) is 15.8. The number of alkyl halides is 3. The van der Waals surface area contributed by atoms with Gasteiger partial charge in [0.1, 0.15) is 12.1 Å². The zero-order valence-electron chi connectivity index (χ0n) is 11.0. The molecule has 1 atom stereocenters. The minimum Gasteiger partial charge on any atom is -0.207 e. The van der Waals surface area contributed by atoms with Gasteiger partial charge in [-0.1, -0.05) is 18.6 Å². The maximum Gasteiger partial charge on any atom is 0.405 e. The summed E-state index contributed by atoms with van der Waals surface area (Å²) in [5, 5.41) is 8.95. The van der Waals surface area contributed by atoms with Crippen LogP contribution in [0.15, 0.2) is 29.2 Å². The van der Waals surface area contributed by atoms with E-state index in [2.05, 4.69) is 0 Å². The first-order valence-corrected chi connectivity index (χ1v) is 7.80. The van der Waals surface area contributed by atoms with E-state index < -0.39 is 22.2 Å². The summed E-state index contributed by atoms with van der Waals surface area (Å²) in [5.41, 5.74) is -0.149. The highest BCUT2D eigenvalue weighted by molar-refractivity contribution is 7.89. The van der Waals surface area contributed by atoms with Crippen molar-refractivity contribution < 1.29 is 21.6 Å². The van der Waals surface area contributed by atoms with E-state index in [1.54, 1.807) is 6.07 Å². The molecule has 21 heavy (non-hydrogen) atoms. The third-order valence-corrected chi connectivity index (χ3v) is 5.39. The van der Waals surface area contributed by atoms with Gasteiger partial charge in [0.25, 0.3) is 0 Å². The molecule has 0 radical (unpaired) electrons. The largest absolute Gasteiger partial charge is 0.405 e. The van der Waals surface area contributed by atoms with Crippen molar-refractivity contribution in [1.29, 1.82) is 5.26 Å². The molecule has 0 bridgehead atoms. The lowest BCUT2D eigenvalue weighted by molar-refractivity contribution is -0.177. The zero-order chi connectivity index (χ0) is 15.7. The summed E-state index contributed by atoms with van der Waals surface area (Å²) in [7, 11) is -4.35. The summed E-state index contributed by atoms with van der Waals surface area (Å²) < 4.78 is 64.6. The summed E-state index contributed by atoms with van der Waals surface area (Å²) in [5.74, 6) is 0. The lowest BCUT2D eigenvalue weighted by Gasteiger charge is -2.35. The van der Waals surface area contributed by atoms with Crippen molar-refractivity contribution in [3.8, 4) is 6.07 Å². The third kappa shape index (κ3) is 3.04. The number of sulfonamides is 1. The fourth-order valence-electron chi connectivity index (χ4n) is 2.43. The molecule has 114 valence electrons. The molecular formula is C13H13F3N2O2S. The first-order valence-electron chi connectivity index (χ1n) is 6.36. The van der Waals surface area contributed by atoms with Gasteiger partial charge in [0.05, 0.1) is 10.5 Å². The van der Waals surface area contributed by atoms with Crippen LogP contribution in [0.1, 0.15) is 24.8 Å². The van der Waals surface area contributed by atoms with Gasteiger partial charge < -0.3 is 0 Å². The van der Waals surface area contributed by atoms with Crippen LogP contribution >= 0.6 is 0 Å². The summed E-state index contributed by atoms with van der Waals surface area (Å²) in [6.07, 6.45) is -4.16. The Bertz CT molecular complexity index is 665. The summed E-state index contributed by atoms with van der Waals surface area (Å²) in [4.78, 5) is -0.372. The standard InChI is InChI=1S/C13H13F3N2O2S/c14-13(15,16)12-7-3-4-8-18(12)21(19,20)11-6-2-1-5-10(11)9-17/h1-2,5-6,12H,3-4,7-8H2. The highest BCUT2D eigenvalue weighted by Crippen LogP contribution is 2.35. The average Bonchev–Trinajstić information content (AvgIpc) is 2.46. The van der Waals surface area contributed by atoms with Crippen molar-refractivity contribution in [2.24, 2.45) is 0 Å². The van der Waals surface area contributed by atoms with E-state index in [4.69, 9.17) is 5.26 Å². The van der Waals surface area contributed by atoms with E-state index in [0.29, 0.717) is 17.1 Å². The number of nitrogens with zero attached hydrogens (tertiary/aromatic N) is 2. The molecule has 8 heteroatoms. The van der Waals surface area contributed by atoms with Crippen LogP contribution in [0.5, 0.6) is 0 Å². The molecule has 0 saturated carbocycles. The monoisotopic (exact) mass is 318 g/mol. The lowest BCUT2D eigenvalue weighted by atomic mass is 10.0. The molecule has 0 N–H and O–H groups in total. The average molecular weight is 318 g/mol. The molecule has 0 spiro atoms. The quantitative estimate of drug-likeness (QED) is 0.842. The van der Waals surface area contributed by atoms with Crippen LogP contribution < -0.4 is 0 Å². The smallest absolute Gasteiger partial charge is 0.207 e. The Hall–Kier alpha value is -1.59. The van der Waals surface area contributed by atoms with E-state index in [1.165, 1.54) is 18.2 Å². The first-order chi connectivity index (χ1) is 9.78. The molecule has 1 heterocycles. The van der Waals surface area contributed by atoms with E-state index in [-0.39, 0.29) is 23.4 Å². The highest BCUT2D eigenvalue weighted by Gasteiger charge is 2.49. The molecule has 4 nitrogen and oxygen atoms in total. The molecule has 1 aliphatic rings. The van der Waals surface area contributed by atoms with Gasteiger partial charge in [0.2, 0.25) is 10.0 Å². The van der Waals surface area contributed by atoms with E-state index in [9.17, 15) is 21.6 Å². The van der Waals surface area contributed by atoms with Gasteiger partial charge >= 0.3 is 6.18 Å². The lowest BCUT2D eigenvalue weighted by Crippen LogP contribution is -2.51. The molecule has 2 rings (SSSR count). The predicted molar refractivity (Wildman–Crippen MR) is 68.7 cm³/mol. The van der Waals surface area contributed by atoms with Crippen molar-refractivity contribution in [3.05, 3.63) is 29.8 Å². The van der Waals surface area contributed by atoms with Gasteiger partial charge in [-0.25, -0.2) is 8.42 Å². The minimum atomic E-state index is -4.62. The highest BCUT2D eigenvalue weighted by atomic mass is 32.2. The van der Waals surface area contributed by atoms with Crippen LogP contribution in [0.3, 0.4) is 0 Å².